The van der Waals surface area contributed by atoms with Crippen molar-refractivity contribution in [1.82, 2.24) is 20.4 Å². The SMILES string of the molecule is O=C(c1ccc(CNC(=O)C23CC4CC(CC(C(=O)NCCC(c5ccccc5)c5ccccc5)(C4)C2)C3)cc1)N1CCC(N2CCOCC2)CC1. The number of ether oxygens (including phenoxy) is 1. The van der Waals surface area contributed by atoms with Crippen molar-refractivity contribution in [1.29, 1.82) is 0 Å². The van der Waals surface area contributed by atoms with Crippen LogP contribution < -0.4 is 10.6 Å². The number of carbonyl (C=O) groups is 3. The van der Waals surface area contributed by atoms with E-state index in [0.717, 1.165) is 96.3 Å². The Labute approximate surface area is 308 Å². The summed E-state index contributed by atoms with van der Waals surface area (Å²) >= 11 is 0. The summed E-state index contributed by atoms with van der Waals surface area (Å²) in [5.41, 5.74) is 3.26. The lowest BCUT2D eigenvalue weighted by Gasteiger charge is -2.60. The van der Waals surface area contributed by atoms with Crippen LogP contribution >= 0.6 is 0 Å². The number of hydrogen-bond acceptors (Lipinski definition) is 5. The van der Waals surface area contributed by atoms with Gasteiger partial charge in [0.2, 0.25) is 11.8 Å². The van der Waals surface area contributed by atoms with E-state index in [1.807, 2.05) is 41.3 Å². The fourth-order valence-corrected chi connectivity index (χ4v) is 10.9. The molecule has 274 valence electrons. The molecule has 3 aromatic carbocycles. The average molecular weight is 703 g/mol. The zero-order chi connectivity index (χ0) is 35.5. The first kappa shape index (κ1) is 35.0. The van der Waals surface area contributed by atoms with Crippen molar-refractivity contribution in [3.05, 3.63) is 107 Å². The predicted molar refractivity (Wildman–Crippen MR) is 202 cm³/mol. The van der Waals surface area contributed by atoms with Gasteiger partial charge < -0.3 is 20.3 Å². The van der Waals surface area contributed by atoms with Gasteiger partial charge in [-0.05, 0) is 98.4 Å². The fraction of sp³-hybridized carbons (Fsp3) is 0.523. The van der Waals surface area contributed by atoms with Gasteiger partial charge >= 0.3 is 0 Å². The van der Waals surface area contributed by atoms with Crippen molar-refractivity contribution in [2.45, 2.75) is 76.3 Å². The van der Waals surface area contributed by atoms with Crippen LogP contribution in [0.1, 0.15) is 90.8 Å². The molecular formula is C44H54N4O4. The number of nitrogens with one attached hydrogen (secondary N) is 2. The van der Waals surface area contributed by atoms with E-state index in [9.17, 15) is 14.4 Å². The number of nitrogens with zero attached hydrogens (tertiary/aromatic N) is 2. The molecule has 6 fully saturated rings. The van der Waals surface area contributed by atoms with Crippen molar-refractivity contribution >= 4 is 17.7 Å². The van der Waals surface area contributed by atoms with Crippen LogP contribution in [0.15, 0.2) is 84.9 Å². The summed E-state index contributed by atoms with van der Waals surface area (Å²) in [7, 11) is 0. The molecule has 2 heterocycles. The van der Waals surface area contributed by atoms with Gasteiger partial charge in [-0.1, -0.05) is 72.8 Å². The van der Waals surface area contributed by atoms with Crippen molar-refractivity contribution < 1.29 is 19.1 Å². The Morgan fingerprint density at radius 3 is 1.85 bits per heavy atom. The summed E-state index contributed by atoms with van der Waals surface area (Å²) in [5, 5.41) is 6.65. The van der Waals surface area contributed by atoms with Crippen molar-refractivity contribution in [3.8, 4) is 0 Å². The standard InChI is InChI=1S/C44H54N4O4/c49-40(48-19-16-38(17-20-48)47-21-23-52-24-22-47)37-13-11-32(12-14-37)30-46-42(51)44-28-33-25-34(29-44)27-43(26-33,31-44)41(50)45-18-15-39(35-7-3-1-4-8-35)36-9-5-2-6-10-36/h1-14,33-34,38-39H,15-31H2,(H,45,50)(H,46,51). The molecule has 2 atom stereocenters. The summed E-state index contributed by atoms with van der Waals surface area (Å²) < 4.78 is 5.51. The van der Waals surface area contributed by atoms with E-state index in [2.05, 4.69) is 64.1 Å². The minimum absolute atomic E-state index is 0.0869. The van der Waals surface area contributed by atoms with Gasteiger partial charge in [-0.3, -0.25) is 19.3 Å². The van der Waals surface area contributed by atoms with Crippen LogP contribution in [-0.4, -0.2) is 79.5 Å². The molecule has 6 aliphatic rings. The zero-order valence-electron chi connectivity index (χ0n) is 30.4. The number of carbonyl (C=O) groups excluding carboxylic acids is 3. The molecular weight excluding hydrogens is 649 g/mol. The summed E-state index contributed by atoms with van der Waals surface area (Å²) in [4.78, 5) is 46.0. The van der Waals surface area contributed by atoms with Gasteiger partial charge in [0.05, 0.1) is 24.0 Å². The molecule has 8 heteroatoms. The van der Waals surface area contributed by atoms with Crippen LogP contribution in [0.25, 0.3) is 0 Å². The molecule has 3 aromatic rings. The quantitative estimate of drug-likeness (QED) is 0.250. The van der Waals surface area contributed by atoms with Crippen LogP contribution in [-0.2, 0) is 20.9 Å². The molecule has 2 saturated heterocycles. The second kappa shape index (κ2) is 15.2. The monoisotopic (exact) mass is 702 g/mol. The highest BCUT2D eigenvalue weighted by Crippen LogP contribution is 2.65. The Kier molecular flexibility index (Phi) is 10.2. The largest absolute Gasteiger partial charge is 0.379 e. The highest BCUT2D eigenvalue weighted by Gasteiger charge is 2.63. The van der Waals surface area contributed by atoms with Gasteiger partial charge in [0.25, 0.3) is 5.91 Å². The molecule has 0 radical (unpaired) electrons. The third-order valence-corrected chi connectivity index (χ3v) is 13.1. The maximum absolute atomic E-state index is 14.1. The van der Waals surface area contributed by atoms with Crippen LogP contribution in [0.3, 0.4) is 0 Å². The maximum atomic E-state index is 14.1. The number of likely N-dealkylation sites (tertiary alicyclic amines) is 1. The van der Waals surface area contributed by atoms with Gasteiger partial charge in [0, 0.05) is 56.8 Å². The van der Waals surface area contributed by atoms with Crippen molar-refractivity contribution in [3.63, 3.8) is 0 Å². The average Bonchev–Trinajstić information content (AvgIpc) is 3.19. The Morgan fingerprint density at radius 1 is 0.712 bits per heavy atom. The third-order valence-electron chi connectivity index (χ3n) is 13.1. The lowest BCUT2D eigenvalue weighted by Crippen LogP contribution is -2.61. The Hall–Kier alpha value is -4.01. The number of morpholine rings is 1. The van der Waals surface area contributed by atoms with Gasteiger partial charge in [-0.2, -0.15) is 0 Å². The molecule has 2 N–H and O–H groups in total. The summed E-state index contributed by atoms with van der Waals surface area (Å²) in [6, 6.07) is 29.4. The predicted octanol–water partition coefficient (Wildman–Crippen LogP) is 6.16. The summed E-state index contributed by atoms with van der Waals surface area (Å²) in [5.74, 6) is 1.37. The van der Waals surface area contributed by atoms with Crippen LogP contribution in [0.2, 0.25) is 0 Å². The van der Waals surface area contributed by atoms with Gasteiger partial charge in [0.1, 0.15) is 0 Å². The number of amides is 3. The topological polar surface area (TPSA) is 91.0 Å². The van der Waals surface area contributed by atoms with Crippen LogP contribution in [0.4, 0.5) is 0 Å². The van der Waals surface area contributed by atoms with Crippen molar-refractivity contribution in [2.24, 2.45) is 22.7 Å². The van der Waals surface area contributed by atoms with E-state index in [-0.39, 0.29) is 23.6 Å². The third kappa shape index (κ3) is 7.29. The lowest BCUT2D eigenvalue weighted by atomic mass is 9.43. The molecule has 52 heavy (non-hydrogen) atoms. The van der Waals surface area contributed by atoms with E-state index < -0.39 is 10.8 Å². The minimum Gasteiger partial charge on any atom is -0.379 e. The minimum atomic E-state index is -0.485. The molecule has 3 amide bonds. The number of piperidine rings is 1. The van der Waals surface area contributed by atoms with E-state index in [1.165, 1.54) is 11.1 Å². The molecule has 2 aliphatic heterocycles. The number of hydrogen-bond donors (Lipinski definition) is 2. The molecule has 4 bridgehead atoms. The molecule has 4 aliphatic carbocycles. The highest BCUT2D eigenvalue weighted by atomic mass is 16.5. The molecule has 9 rings (SSSR count). The maximum Gasteiger partial charge on any atom is 0.253 e. The van der Waals surface area contributed by atoms with E-state index in [4.69, 9.17) is 4.74 Å². The van der Waals surface area contributed by atoms with E-state index >= 15 is 0 Å². The molecule has 4 saturated carbocycles. The first-order valence-electron chi connectivity index (χ1n) is 19.8. The van der Waals surface area contributed by atoms with Gasteiger partial charge in [-0.15, -0.1) is 0 Å². The van der Waals surface area contributed by atoms with Crippen LogP contribution in [0, 0.1) is 22.7 Å². The van der Waals surface area contributed by atoms with E-state index in [1.54, 1.807) is 0 Å². The first-order chi connectivity index (χ1) is 25.4. The second-order valence-corrected chi connectivity index (χ2v) is 16.5. The second-order valence-electron chi connectivity index (χ2n) is 16.5. The molecule has 0 spiro atoms. The smallest absolute Gasteiger partial charge is 0.253 e. The Balaban J connectivity index is 0.856. The van der Waals surface area contributed by atoms with Crippen LogP contribution in [0.5, 0.6) is 0 Å². The molecule has 8 nitrogen and oxygen atoms in total. The normalized spacial score (nSPS) is 27.4. The first-order valence-corrected chi connectivity index (χ1v) is 19.8. The Morgan fingerprint density at radius 2 is 1.27 bits per heavy atom. The number of rotatable bonds is 11. The number of benzene rings is 3. The summed E-state index contributed by atoms with van der Waals surface area (Å²) in [6.07, 6.45) is 8.16. The fourth-order valence-electron chi connectivity index (χ4n) is 10.9. The van der Waals surface area contributed by atoms with Crippen molar-refractivity contribution in [2.75, 3.05) is 45.9 Å². The highest BCUT2D eigenvalue weighted by molar-refractivity contribution is 5.94. The van der Waals surface area contributed by atoms with E-state index in [0.29, 0.717) is 43.0 Å². The van der Waals surface area contributed by atoms with Gasteiger partial charge in [0.15, 0.2) is 0 Å². The zero-order valence-corrected chi connectivity index (χ0v) is 30.4. The van der Waals surface area contributed by atoms with Gasteiger partial charge in [-0.25, -0.2) is 0 Å². The molecule has 0 aromatic heterocycles. The summed E-state index contributed by atoms with van der Waals surface area (Å²) in [6.45, 7) is 6.18. The lowest BCUT2D eigenvalue weighted by molar-refractivity contribution is -0.167. The Bertz CT molecular complexity index is 1650. The molecule has 2 unspecified atom stereocenters.